The highest BCUT2D eigenvalue weighted by atomic mass is 19.3. The van der Waals surface area contributed by atoms with E-state index >= 15 is 0 Å². The predicted octanol–water partition coefficient (Wildman–Crippen LogP) is 2.35. The number of hydrogen-bond acceptors (Lipinski definition) is 3. The van der Waals surface area contributed by atoms with Gasteiger partial charge in [-0.25, -0.2) is 8.78 Å². The second kappa shape index (κ2) is 6.67. The Morgan fingerprint density at radius 2 is 1.80 bits per heavy atom. The van der Waals surface area contributed by atoms with Gasteiger partial charge in [-0.15, -0.1) is 0 Å². The minimum absolute atomic E-state index is 0.0574. The molecule has 2 rings (SSSR count). The third-order valence-corrected chi connectivity index (χ3v) is 4.91. The van der Waals surface area contributed by atoms with Crippen molar-refractivity contribution in [2.75, 3.05) is 13.1 Å². The third kappa shape index (κ3) is 3.89. The van der Waals surface area contributed by atoms with E-state index < -0.39 is 12.0 Å². The van der Waals surface area contributed by atoms with E-state index in [1.807, 2.05) is 0 Å². The summed E-state index contributed by atoms with van der Waals surface area (Å²) in [5.74, 6) is -2.72. The molecule has 0 aromatic carbocycles. The molecule has 1 saturated heterocycles. The van der Waals surface area contributed by atoms with Crippen LogP contribution in [0.5, 0.6) is 0 Å². The fraction of sp³-hybridized carbons (Fsp3) is 1.00. The number of alkyl halides is 2. The Hall–Kier alpha value is -0.260. The standard InChI is InChI=1S/C15H29F2N3/c1-11(2)20-9-6-12(7-10-20)19-13-5-3-4-8-15(16,17)14(13)18/h11-14,19H,3-10,18H2,1-2H3/t13-,14+/m0/s1. The van der Waals surface area contributed by atoms with Gasteiger partial charge in [-0.1, -0.05) is 6.42 Å². The SMILES string of the molecule is CC(C)N1CCC(N[C@H]2CCCCC(F)(F)[C@@H]2N)CC1. The molecule has 3 N–H and O–H groups in total. The number of halogens is 2. The lowest BCUT2D eigenvalue weighted by Crippen LogP contribution is -2.57. The number of nitrogens with two attached hydrogens (primary N) is 1. The summed E-state index contributed by atoms with van der Waals surface area (Å²) < 4.78 is 27.7. The van der Waals surface area contributed by atoms with E-state index in [-0.39, 0.29) is 12.5 Å². The highest BCUT2D eigenvalue weighted by Gasteiger charge is 2.43. The van der Waals surface area contributed by atoms with Gasteiger partial charge in [0.1, 0.15) is 0 Å². The molecule has 1 aliphatic carbocycles. The highest BCUT2D eigenvalue weighted by molar-refractivity contribution is 4.95. The number of nitrogens with one attached hydrogen (secondary N) is 1. The molecule has 0 radical (unpaired) electrons. The molecule has 0 bridgehead atoms. The molecule has 5 heteroatoms. The summed E-state index contributed by atoms with van der Waals surface area (Å²) in [6, 6.07) is -0.355. The van der Waals surface area contributed by atoms with Crippen molar-refractivity contribution in [3.8, 4) is 0 Å². The Labute approximate surface area is 121 Å². The molecule has 20 heavy (non-hydrogen) atoms. The molecular formula is C15H29F2N3. The average molecular weight is 289 g/mol. The van der Waals surface area contributed by atoms with Crippen LogP contribution in [-0.4, -0.2) is 48.1 Å². The normalized spacial score (nSPS) is 33.3. The van der Waals surface area contributed by atoms with Crippen LogP contribution in [0.3, 0.4) is 0 Å². The summed E-state index contributed by atoms with van der Waals surface area (Å²) in [6.45, 7) is 6.51. The van der Waals surface area contributed by atoms with E-state index in [1.165, 1.54) is 0 Å². The molecule has 2 aliphatic rings. The van der Waals surface area contributed by atoms with Gasteiger partial charge in [0.2, 0.25) is 0 Å². The van der Waals surface area contributed by atoms with Crippen molar-refractivity contribution in [1.82, 2.24) is 10.2 Å². The van der Waals surface area contributed by atoms with E-state index in [0.717, 1.165) is 38.8 Å². The van der Waals surface area contributed by atoms with Gasteiger partial charge < -0.3 is 16.0 Å². The monoisotopic (exact) mass is 289 g/mol. The summed E-state index contributed by atoms with van der Waals surface area (Å²) in [7, 11) is 0. The van der Waals surface area contributed by atoms with Crippen molar-refractivity contribution in [3.05, 3.63) is 0 Å². The van der Waals surface area contributed by atoms with Crippen LogP contribution in [0.4, 0.5) is 8.78 Å². The zero-order valence-corrected chi connectivity index (χ0v) is 12.7. The third-order valence-electron chi connectivity index (χ3n) is 4.91. The molecule has 0 aromatic heterocycles. The second-order valence-electron chi connectivity index (χ2n) is 6.71. The van der Waals surface area contributed by atoms with Gasteiger partial charge in [-0.05, 0) is 52.6 Å². The molecule has 0 amide bonds. The summed E-state index contributed by atoms with van der Waals surface area (Å²) in [6.07, 6.45) is 4.23. The van der Waals surface area contributed by atoms with Crippen molar-refractivity contribution in [2.24, 2.45) is 5.73 Å². The average Bonchev–Trinajstić information content (AvgIpc) is 2.52. The van der Waals surface area contributed by atoms with Crippen LogP contribution in [0.1, 0.15) is 52.4 Å². The molecule has 2 fully saturated rings. The summed E-state index contributed by atoms with van der Waals surface area (Å²) in [4.78, 5) is 2.44. The summed E-state index contributed by atoms with van der Waals surface area (Å²) in [5, 5.41) is 3.43. The van der Waals surface area contributed by atoms with Crippen LogP contribution >= 0.6 is 0 Å². The molecule has 3 nitrogen and oxygen atoms in total. The lowest BCUT2D eigenvalue weighted by atomic mass is 9.97. The van der Waals surface area contributed by atoms with Crippen molar-refractivity contribution >= 4 is 0 Å². The molecule has 0 aromatic rings. The number of hydrogen-bond donors (Lipinski definition) is 2. The number of nitrogens with zero attached hydrogens (tertiary/aromatic N) is 1. The lowest BCUT2D eigenvalue weighted by Gasteiger charge is -2.38. The van der Waals surface area contributed by atoms with Crippen LogP contribution in [0.2, 0.25) is 0 Å². The first-order valence-corrected chi connectivity index (χ1v) is 8.03. The van der Waals surface area contributed by atoms with Gasteiger partial charge in [-0.3, -0.25) is 0 Å². The zero-order valence-electron chi connectivity index (χ0n) is 12.7. The summed E-state index contributed by atoms with van der Waals surface area (Å²) in [5.41, 5.74) is 5.83. The number of piperidine rings is 1. The topological polar surface area (TPSA) is 41.3 Å². The molecule has 1 saturated carbocycles. The lowest BCUT2D eigenvalue weighted by molar-refractivity contribution is -0.0397. The zero-order chi connectivity index (χ0) is 14.8. The van der Waals surface area contributed by atoms with E-state index in [2.05, 4.69) is 24.1 Å². The largest absolute Gasteiger partial charge is 0.321 e. The van der Waals surface area contributed by atoms with Gasteiger partial charge in [0, 0.05) is 24.5 Å². The van der Waals surface area contributed by atoms with Crippen LogP contribution in [-0.2, 0) is 0 Å². The number of rotatable bonds is 3. The van der Waals surface area contributed by atoms with Crippen LogP contribution in [0.25, 0.3) is 0 Å². The Balaban J connectivity index is 1.86. The molecule has 0 spiro atoms. The minimum atomic E-state index is -2.72. The van der Waals surface area contributed by atoms with E-state index in [1.54, 1.807) is 0 Å². The van der Waals surface area contributed by atoms with E-state index in [4.69, 9.17) is 5.73 Å². The molecule has 0 unspecified atom stereocenters. The summed E-state index contributed by atoms with van der Waals surface area (Å²) >= 11 is 0. The first-order valence-electron chi connectivity index (χ1n) is 8.03. The predicted molar refractivity (Wildman–Crippen MR) is 78.0 cm³/mol. The van der Waals surface area contributed by atoms with Gasteiger partial charge in [-0.2, -0.15) is 0 Å². The minimum Gasteiger partial charge on any atom is -0.321 e. The first kappa shape index (κ1) is 16.1. The molecule has 2 atom stereocenters. The van der Waals surface area contributed by atoms with Gasteiger partial charge in [0.25, 0.3) is 5.92 Å². The Morgan fingerprint density at radius 3 is 2.40 bits per heavy atom. The Kier molecular flexibility index (Phi) is 5.37. The molecule has 1 heterocycles. The van der Waals surface area contributed by atoms with Crippen molar-refractivity contribution in [3.63, 3.8) is 0 Å². The maximum absolute atomic E-state index is 13.9. The van der Waals surface area contributed by atoms with Crippen LogP contribution in [0.15, 0.2) is 0 Å². The van der Waals surface area contributed by atoms with Crippen molar-refractivity contribution < 1.29 is 8.78 Å². The van der Waals surface area contributed by atoms with E-state index in [0.29, 0.717) is 18.5 Å². The number of likely N-dealkylation sites (tertiary alicyclic amines) is 1. The van der Waals surface area contributed by atoms with Crippen molar-refractivity contribution in [2.45, 2.75) is 82.5 Å². The van der Waals surface area contributed by atoms with Gasteiger partial charge in [0.15, 0.2) is 0 Å². The van der Waals surface area contributed by atoms with Gasteiger partial charge in [0.05, 0.1) is 6.04 Å². The Morgan fingerprint density at radius 1 is 1.15 bits per heavy atom. The maximum atomic E-state index is 13.9. The van der Waals surface area contributed by atoms with Crippen LogP contribution in [0, 0.1) is 0 Å². The molecule has 118 valence electrons. The van der Waals surface area contributed by atoms with Crippen molar-refractivity contribution in [1.29, 1.82) is 0 Å². The Bertz CT molecular complexity index is 301. The smallest absolute Gasteiger partial charge is 0.264 e. The highest BCUT2D eigenvalue weighted by Crippen LogP contribution is 2.31. The molecule has 1 aliphatic heterocycles. The second-order valence-corrected chi connectivity index (χ2v) is 6.71. The van der Waals surface area contributed by atoms with E-state index in [9.17, 15) is 8.78 Å². The maximum Gasteiger partial charge on any atom is 0.264 e. The fourth-order valence-electron chi connectivity index (χ4n) is 3.44. The molecular weight excluding hydrogens is 260 g/mol. The van der Waals surface area contributed by atoms with Gasteiger partial charge >= 0.3 is 0 Å². The first-order chi connectivity index (χ1) is 9.40. The fourth-order valence-corrected chi connectivity index (χ4v) is 3.44. The quantitative estimate of drug-likeness (QED) is 0.784. The van der Waals surface area contributed by atoms with Crippen LogP contribution < -0.4 is 11.1 Å².